The third kappa shape index (κ3) is 4.12. The van der Waals surface area contributed by atoms with Gasteiger partial charge in [-0.25, -0.2) is 0 Å². The van der Waals surface area contributed by atoms with E-state index >= 15 is 0 Å². The molecule has 3 aliphatic carbocycles. The molecule has 3 aliphatic rings. The largest absolute Gasteiger partial charge is 0.510 e. The molecule has 1 aromatic rings. The van der Waals surface area contributed by atoms with Crippen LogP contribution in [0.5, 0.6) is 5.75 Å². The number of nitrogens with zero attached hydrogens (tertiary/aromatic N) is 1. The molecule has 0 saturated carbocycles. The van der Waals surface area contributed by atoms with Gasteiger partial charge in [0.2, 0.25) is 5.78 Å². The number of primary amides is 1. The monoisotopic (exact) mass is 526 g/mol. The zero-order chi connectivity index (χ0) is 28.5. The fourth-order valence-corrected chi connectivity index (χ4v) is 6.35. The number of fused-ring (bicyclic) bond motifs is 3. The SMILES string of the molecule is CN(C)C1C(O)=C(C(N)=O)C(=O)C2(O)C(O)=C3C(=O)c4c(O)ccc(CC(=O)CC(C)(C)C)c4CC3CC12. The van der Waals surface area contributed by atoms with E-state index in [-0.39, 0.29) is 47.3 Å². The maximum atomic E-state index is 13.7. The molecule has 0 aromatic heterocycles. The molecule has 0 fully saturated rings. The molecule has 0 saturated heterocycles. The van der Waals surface area contributed by atoms with Crippen molar-refractivity contribution in [3.63, 3.8) is 0 Å². The Morgan fingerprint density at radius 2 is 1.76 bits per heavy atom. The number of aliphatic hydroxyl groups excluding tert-OH is 2. The summed E-state index contributed by atoms with van der Waals surface area (Å²) in [6.45, 7) is 5.84. The Bertz CT molecular complexity index is 1330. The van der Waals surface area contributed by atoms with E-state index in [1.54, 1.807) is 20.2 Å². The predicted molar refractivity (Wildman–Crippen MR) is 136 cm³/mol. The third-order valence-corrected chi connectivity index (χ3v) is 7.82. The number of rotatable bonds is 5. The van der Waals surface area contributed by atoms with E-state index < -0.39 is 58.0 Å². The molecule has 4 unspecified atom stereocenters. The summed E-state index contributed by atoms with van der Waals surface area (Å²) in [7, 11) is 3.15. The predicted octanol–water partition coefficient (Wildman–Crippen LogP) is 1.67. The minimum absolute atomic E-state index is 0.00318. The molecular formula is C28H34N2O8. The number of allylic oxidation sites excluding steroid dienone is 1. The fraction of sp³-hybridized carbons (Fsp3) is 0.500. The molecule has 4 atom stereocenters. The van der Waals surface area contributed by atoms with E-state index in [0.29, 0.717) is 17.5 Å². The van der Waals surface area contributed by atoms with E-state index in [0.717, 1.165) is 0 Å². The molecule has 0 bridgehead atoms. The Morgan fingerprint density at radius 1 is 1.13 bits per heavy atom. The summed E-state index contributed by atoms with van der Waals surface area (Å²) < 4.78 is 0. The van der Waals surface area contributed by atoms with Crippen LogP contribution in [0.15, 0.2) is 34.8 Å². The average molecular weight is 527 g/mol. The van der Waals surface area contributed by atoms with Crippen molar-refractivity contribution in [3.05, 3.63) is 51.5 Å². The molecule has 204 valence electrons. The second kappa shape index (κ2) is 9.06. The molecule has 10 heteroatoms. The molecule has 4 rings (SSSR count). The first-order valence-corrected chi connectivity index (χ1v) is 12.5. The van der Waals surface area contributed by atoms with E-state index in [2.05, 4.69) is 0 Å². The van der Waals surface area contributed by atoms with Crippen LogP contribution in [0.25, 0.3) is 0 Å². The number of hydrogen-bond acceptors (Lipinski definition) is 9. The van der Waals surface area contributed by atoms with E-state index in [1.807, 2.05) is 20.8 Å². The maximum absolute atomic E-state index is 13.7. The first kappa shape index (κ1) is 27.5. The number of carbonyl (C=O) groups is 4. The topological polar surface area (TPSA) is 178 Å². The van der Waals surface area contributed by atoms with Crippen LogP contribution >= 0.6 is 0 Å². The summed E-state index contributed by atoms with van der Waals surface area (Å²) in [6, 6.07) is 1.86. The summed E-state index contributed by atoms with van der Waals surface area (Å²) in [4.78, 5) is 53.4. The highest BCUT2D eigenvalue weighted by molar-refractivity contribution is 6.24. The van der Waals surface area contributed by atoms with Gasteiger partial charge in [-0.2, -0.15) is 0 Å². The quantitative estimate of drug-likeness (QED) is 0.357. The molecule has 6 N–H and O–H groups in total. The van der Waals surface area contributed by atoms with Gasteiger partial charge in [0.15, 0.2) is 11.4 Å². The molecule has 0 heterocycles. The van der Waals surface area contributed by atoms with Crippen molar-refractivity contribution in [2.45, 2.75) is 58.1 Å². The summed E-state index contributed by atoms with van der Waals surface area (Å²) in [6.07, 6.45) is 0.530. The van der Waals surface area contributed by atoms with Crippen LogP contribution in [-0.2, 0) is 27.2 Å². The number of likely N-dealkylation sites (N-methyl/N-ethyl adjacent to an activating group) is 1. The van der Waals surface area contributed by atoms with Crippen LogP contribution in [0.2, 0.25) is 0 Å². The second-order valence-electron chi connectivity index (χ2n) is 12.0. The van der Waals surface area contributed by atoms with Gasteiger partial charge in [0, 0.05) is 24.3 Å². The number of benzene rings is 1. The first-order valence-electron chi connectivity index (χ1n) is 12.5. The van der Waals surface area contributed by atoms with Crippen molar-refractivity contribution in [2.24, 2.45) is 23.0 Å². The lowest BCUT2D eigenvalue weighted by Gasteiger charge is -2.50. The summed E-state index contributed by atoms with van der Waals surface area (Å²) in [5.74, 6) is -7.00. The van der Waals surface area contributed by atoms with Crippen LogP contribution in [0.1, 0.15) is 55.1 Å². The zero-order valence-electron chi connectivity index (χ0n) is 22.2. The van der Waals surface area contributed by atoms with Gasteiger partial charge in [0.25, 0.3) is 5.91 Å². The normalized spacial score (nSPS) is 27.3. The highest BCUT2D eigenvalue weighted by Gasteiger charge is 2.63. The fourth-order valence-electron chi connectivity index (χ4n) is 6.35. The number of aromatic hydroxyl groups is 1. The Morgan fingerprint density at radius 3 is 2.32 bits per heavy atom. The van der Waals surface area contributed by atoms with E-state index in [9.17, 15) is 39.6 Å². The minimum Gasteiger partial charge on any atom is -0.510 e. The maximum Gasteiger partial charge on any atom is 0.255 e. The van der Waals surface area contributed by atoms with Gasteiger partial charge in [0.1, 0.15) is 28.6 Å². The van der Waals surface area contributed by atoms with Gasteiger partial charge >= 0.3 is 0 Å². The summed E-state index contributed by atoms with van der Waals surface area (Å²) in [5.41, 5.74) is 2.33. The van der Waals surface area contributed by atoms with Crippen LogP contribution in [0, 0.1) is 17.3 Å². The molecule has 10 nitrogen and oxygen atoms in total. The summed E-state index contributed by atoms with van der Waals surface area (Å²) in [5, 5.41) is 44.4. The van der Waals surface area contributed by atoms with Gasteiger partial charge in [-0.3, -0.25) is 24.1 Å². The highest BCUT2D eigenvalue weighted by atomic mass is 16.3. The van der Waals surface area contributed by atoms with Crippen molar-refractivity contribution in [3.8, 4) is 5.75 Å². The lowest BCUT2D eigenvalue weighted by atomic mass is 9.58. The molecule has 0 spiro atoms. The van der Waals surface area contributed by atoms with Crippen molar-refractivity contribution in [2.75, 3.05) is 14.1 Å². The first-order chi connectivity index (χ1) is 17.5. The number of aliphatic hydroxyl groups is 3. The van der Waals surface area contributed by atoms with E-state index in [1.165, 1.54) is 11.0 Å². The van der Waals surface area contributed by atoms with Gasteiger partial charge in [-0.1, -0.05) is 26.8 Å². The van der Waals surface area contributed by atoms with Crippen LogP contribution in [-0.4, -0.2) is 74.3 Å². The van der Waals surface area contributed by atoms with Gasteiger partial charge in [-0.15, -0.1) is 0 Å². The van der Waals surface area contributed by atoms with Crippen molar-refractivity contribution < 1.29 is 39.6 Å². The van der Waals surface area contributed by atoms with Crippen molar-refractivity contribution >= 4 is 23.3 Å². The number of Topliss-reactive ketones (excluding diaryl/α,β-unsaturated/α-hetero) is 3. The van der Waals surface area contributed by atoms with E-state index in [4.69, 9.17) is 5.73 Å². The highest BCUT2D eigenvalue weighted by Crippen LogP contribution is 2.52. The third-order valence-electron chi connectivity index (χ3n) is 7.82. The standard InChI is InChI=1S/C28H34N2O8/c1-27(2,3)11-14(31)8-12-6-7-17(32)19-15(12)9-13-10-16-21(30(4)5)23(34)20(26(29)37)25(36)28(16,38)24(35)18(13)22(19)33/h6-7,13,16,21,32,34-35,38H,8-11H2,1-5H3,(H2,29,37). The molecule has 0 radical (unpaired) electrons. The number of hydrogen-bond donors (Lipinski definition) is 5. The number of carbonyl (C=O) groups excluding carboxylic acids is 4. The van der Waals surface area contributed by atoms with Crippen molar-refractivity contribution in [1.29, 1.82) is 0 Å². The van der Waals surface area contributed by atoms with Gasteiger partial charge in [0.05, 0.1) is 11.6 Å². The molecular weight excluding hydrogens is 492 g/mol. The molecule has 0 aliphatic heterocycles. The smallest absolute Gasteiger partial charge is 0.255 e. The Kier molecular flexibility index (Phi) is 6.56. The zero-order valence-corrected chi connectivity index (χ0v) is 22.2. The molecule has 1 amide bonds. The molecule has 1 aromatic carbocycles. The van der Waals surface area contributed by atoms with Crippen LogP contribution < -0.4 is 5.73 Å². The van der Waals surface area contributed by atoms with Crippen molar-refractivity contribution in [1.82, 2.24) is 4.90 Å². The number of ketones is 3. The number of phenols is 1. The van der Waals surface area contributed by atoms with Crippen LogP contribution in [0.3, 0.4) is 0 Å². The number of phenolic OH excluding ortho intramolecular Hbond substituents is 1. The Balaban J connectivity index is 1.86. The second-order valence-corrected chi connectivity index (χ2v) is 12.0. The van der Waals surface area contributed by atoms with Gasteiger partial charge in [-0.05, 0) is 55.5 Å². The average Bonchev–Trinajstić information content (AvgIpc) is 2.76. The Labute approximate surface area is 220 Å². The summed E-state index contributed by atoms with van der Waals surface area (Å²) >= 11 is 0. The number of nitrogens with two attached hydrogens (primary N) is 1. The number of amides is 1. The minimum atomic E-state index is -2.68. The lowest BCUT2D eigenvalue weighted by Crippen LogP contribution is -2.63. The lowest BCUT2D eigenvalue weighted by molar-refractivity contribution is -0.148. The Hall–Kier alpha value is -3.50. The van der Waals surface area contributed by atoms with Crippen LogP contribution in [0.4, 0.5) is 0 Å². The molecule has 38 heavy (non-hydrogen) atoms. The van der Waals surface area contributed by atoms with Gasteiger partial charge < -0.3 is 26.2 Å².